The van der Waals surface area contributed by atoms with E-state index < -0.39 is 24.3 Å². The van der Waals surface area contributed by atoms with Gasteiger partial charge in [0.15, 0.2) is 6.61 Å². The molecule has 2 N–H and O–H groups in total. The van der Waals surface area contributed by atoms with Crippen LogP contribution in [0.2, 0.25) is 0 Å². The molecule has 2 aromatic rings. The molecular weight excluding hydrogens is 277 g/mol. The van der Waals surface area contributed by atoms with E-state index in [2.05, 4.69) is 5.32 Å². The smallest absolute Gasteiger partial charge is 0.339 e. The molecule has 0 fully saturated rings. The molecule has 0 unspecified atom stereocenters. The Kier molecular flexibility index (Phi) is 4.50. The van der Waals surface area contributed by atoms with Crippen molar-refractivity contribution < 1.29 is 23.8 Å². The summed E-state index contributed by atoms with van der Waals surface area (Å²) in [7, 11) is 0. The monoisotopic (exact) mass is 289 g/mol. The highest BCUT2D eigenvalue weighted by atomic mass is 19.1. The number of benzene rings is 2. The van der Waals surface area contributed by atoms with Crippen LogP contribution in [0.25, 0.3) is 0 Å². The van der Waals surface area contributed by atoms with E-state index >= 15 is 0 Å². The number of aromatic carboxylic acids is 1. The zero-order valence-electron chi connectivity index (χ0n) is 10.9. The molecule has 0 radical (unpaired) electrons. The molecule has 0 aliphatic rings. The molecule has 0 saturated carbocycles. The molecular formula is C15H12FNO4. The summed E-state index contributed by atoms with van der Waals surface area (Å²) in [6.07, 6.45) is 0. The lowest BCUT2D eigenvalue weighted by Crippen LogP contribution is -2.20. The lowest BCUT2D eigenvalue weighted by Gasteiger charge is -2.09. The second-order valence-electron chi connectivity index (χ2n) is 4.15. The van der Waals surface area contributed by atoms with Crippen LogP contribution in [0.5, 0.6) is 5.75 Å². The van der Waals surface area contributed by atoms with E-state index in [1.54, 1.807) is 30.3 Å². The van der Waals surface area contributed by atoms with Crippen molar-refractivity contribution in [2.45, 2.75) is 0 Å². The van der Waals surface area contributed by atoms with Crippen molar-refractivity contribution in [3.8, 4) is 5.75 Å². The van der Waals surface area contributed by atoms with Gasteiger partial charge in [0, 0.05) is 11.8 Å². The topological polar surface area (TPSA) is 75.6 Å². The van der Waals surface area contributed by atoms with Gasteiger partial charge in [-0.3, -0.25) is 4.79 Å². The van der Waals surface area contributed by atoms with Crippen LogP contribution in [-0.2, 0) is 4.79 Å². The second kappa shape index (κ2) is 6.51. The van der Waals surface area contributed by atoms with E-state index in [-0.39, 0.29) is 11.3 Å². The van der Waals surface area contributed by atoms with Gasteiger partial charge in [-0.2, -0.15) is 0 Å². The average Bonchev–Trinajstić information content (AvgIpc) is 2.46. The molecule has 1 amide bonds. The van der Waals surface area contributed by atoms with Gasteiger partial charge in [0.05, 0.1) is 0 Å². The Morgan fingerprint density at radius 3 is 2.52 bits per heavy atom. The molecule has 0 aliphatic carbocycles. The molecule has 21 heavy (non-hydrogen) atoms. The van der Waals surface area contributed by atoms with Crippen LogP contribution in [-0.4, -0.2) is 23.6 Å². The van der Waals surface area contributed by atoms with Gasteiger partial charge in [0.25, 0.3) is 5.91 Å². The summed E-state index contributed by atoms with van der Waals surface area (Å²) in [5.74, 6) is -2.56. The third-order valence-electron chi connectivity index (χ3n) is 2.59. The Hall–Kier alpha value is -2.89. The Bertz CT molecular complexity index is 658. The minimum Gasteiger partial charge on any atom is -0.483 e. The Balaban J connectivity index is 2.01. The van der Waals surface area contributed by atoms with Gasteiger partial charge in [-0.25, -0.2) is 9.18 Å². The summed E-state index contributed by atoms with van der Waals surface area (Å²) in [5, 5.41) is 11.5. The number of carbonyl (C=O) groups excluding carboxylic acids is 1. The molecule has 0 bridgehead atoms. The number of carboxylic acid groups (broad SMARTS) is 1. The van der Waals surface area contributed by atoms with Crippen molar-refractivity contribution in [2.75, 3.05) is 11.9 Å². The summed E-state index contributed by atoms with van der Waals surface area (Å²) < 4.78 is 18.2. The first-order valence-electron chi connectivity index (χ1n) is 6.07. The SMILES string of the molecule is O=C(COc1cc(F)ccc1C(=O)O)Nc1ccccc1. The van der Waals surface area contributed by atoms with E-state index in [1.807, 2.05) is 0 Å². The number of hydrogen-bond acceptors (Lipinski definition) is 3. The number of nitrogens with one attached hydrogen (secondary N) is 1. The summed E-state index contributed by atoms with van der Waals surface area (Å²) in [6, 6.07) is 11.7. The summed E-state index contributed by atoms with van der Waals surface area (Å²) in [4.78, 5) is 22.6. The number of ether oxygens (including phenoxy) is 1. The highest BCUT2D eigenvalue weighted by Gasteiger charge is 2.13. The second-order valence-corrected chi connectivity index (χ2v) is 4.15. The van der Waals surface area contributed by atoms with Gasteiger partial charge in [-0.05, 0) is 24.3 Å². The zero-order valence-corrected chi connectivity index (χ0v) is 10.9. The van der Waals surface area contributed by atoms with Crippen molar-refractivity contribution in [1.82, 2.24) is 0 Å². The minimum absolute atomic E-state index is 0.189. The molecule has 0 aromatic heterocycles. The first-order valence-corrected chi connectivity index (χ1v) is 6.07. The zero-order chi connectivity index (χ0) is 15.2. The lowest BCUT2D eigenvalue weighted by atomic mass is 10.2. The summed E-state index contributed by atoms with van der Waals surface area (Å²) >= 11 is 0. The molecule has 2 aromatic carbocycles. The van der Waals surface area contributed by atoms with E-state index in [1.165, 1.54) is 0 Å². The number of hydrogen-bond donors (Lipinski definition) is 2. The highest BCUT2D eigenvalue weighted by Crippen LogP contribution is 2.20. The maximum atomic E-state index is 13.1. The number of carbonyl (C=O) groups is 2. The standard InChI is InChI=1S/C15H12FNO4/c16-10-6-7-12(15(19)20)13(8-10)21-9-14(18)17-11-4-2-1-3-5-11/h1-8H,9H2,(H,17,18)(H,19,20). The summed E-state index contributed by atoms with van der Waals surface area (Å²) in [5.41, 5.74) is 0.382. The van der Waals surface area contributed by atoms with Crippen LogP contribution in [0.4, 0.5) is 10.1 Å². The Morgan fingerprint density at radius 1 is 1.14 bits per heavy atom. The van der Waals surface area contributed by atoms with Gasteiger partial charge >= 0.3 is 5.97 Å². The number of rotatable bonds is 5. The van der Waals surface area contributed by atoms with E-state index in [0.29, 0.717) is 5.69 Å². The largest absolute Gasteiger partial charge is 0.483 e. The van der Waals surface area contributed by atoms with Gasteiger partial charge in [-0.15, -0.1) is 0 Å². The Morgan fingerprint density at radius 2 is 1.86 bits per heavy atom. The fourth-order valence-corrected chi connectivity index (χ4v) is 1.65. The van der Waals surface area contributed by atoms with E-state index in [0.717, 1.165) is 18.2 Å². The van der Waals surface area contributed by atoms with E-state index in [4.69, 9.17) is 9.84 Å². The number of amides is 1. The molecule has 0 saturated heterocycles. The van der Waals surface area contributed by atoms with Crippen LogP contribution in [0, 0.1) is 5.82 Å². The van der Waals surface area contributed by atoms with Gasteiger partial charge in [-0.1, -0.05) is 18.2 Å². The van der Waals surface area contributed by atoms with Crippen LogP contribution in [0.3, 0.4) is 0 Å². The molecule has 0 heterocycles. The third kappa shape index (κ3) is 4.04. The van der Waals surface area contributed by atoms with Crippen LogP contribution in [0.15, 0.2) is 48.5 Å². The normalized spacial score (nSPS) is 9.95. The average molecular weight is 289 g/mol. The first kappa shape index (κ1) is 14.5. The van der Waals surface area contributed by atoms with Crippen molar-refractivity contribution in [3.05, 3.63) is 59.9 Å². The van der Waals surface area contributed by atoms with Crippen LogP contribution < -0.4 is 10.1 Å². The Labute approximate surface area is 120 Å². The molecule has 108 valence electrons. The first-order chi connectivity index (χ1) is 10.1. The van der Waals surface area contributed by atoms with E-state index in [9.17, 15) is 14.0 Å². The number of carboxylic acids is 1. The molecule has 2 rings (SSSR count). The molecule has 5 nitrogen and oxygen atoms in total. The maximum absolute atomic E-state index is 13.1. The summed E-state index contributed by atoms with van der Waals surface area (Å²) in [6.45, 7) is -0.418. The van der Waals surface area contributed by atoms with Gasteiger partial charge < -0.3 is 15.2 Å². The van der Waals surface area contributed by atoms with Crippen molar-refractivity contribution in [3.63, 3.8) is 0 Å². The van der Waals surface area contributed by atoms with Gasteiger partial charge in [0.2, 0.25) is 0 Å². The number of anilines is 1. The molecule has 0 atom stereocenters. The van der Waals surface area contributed by atoms with Gasteiger partial charge in [0.1, 0.15) is 17.1 Å². The van der Waals surface area contributed by atoms with Crippen LogP contribution in [0.1, 0.15) is 10.4 Å². The fraction of sp³-hybridized carbons (Fsp3) is 0.0667. The van der Waals surface area contributed by atoms with Crippen molar-refractivity contribution in [2.24, 2.45) is 0 Å². The van der Waals surface area contributed by atoms with Crippen LogP contribution >= 0.6 is 0 Å². The number of para-hydroxylation sites is 1. The minimum atomic E-state index is -1.26. The molecule has 6 heteroatoms. The fourth-order valence-electron chi connectivity index (χ4n) is 1.65. The maximum Gasteiger partial charge on any atom is 0.339 e. The predicted octanol–water partition coefficient (Wildman–Crippen LogP) is 2.54. The lowest BCUT2D eigenvalue weighted by molar-refractivity contribution is -0.118. The molecule has 0 aliphatic heterocycles. The van der Waals surface area contributed by atoms with Crippen molar-refractivity contribution in [1.29, 1.82) is 0 Å². The third-order valence-corrected chi connectivity index (χ3v) is 2.59. The predicted molar refractivity (Wildman–Crippen MR) is 73.9 cm³/mol. The molecule has 0 spiro atoms. The quantitative estimate of drug-likeness (QED) is 0.887. The number of halogens is 1. The van der Waals surface area contributed by atoms with Crippen molar-refractivity contribution >= 4 is 17.6 Å². The highest BCUT2D eigenvalue weighted by molar-refractivity contribution is 5.93.